The van der Waals surface area contributed by atoms with Crippen molar-refractivity contribution in [1.82, 2.24) is 20.5 Å². The topological polar surface area (TPSA) is 129 Å². The van der Waals surface area contributed by atoms with Crippen LogP contribution in [0.5, 0.6) is 0 Å². The molecule has 2 aliphatic rings. The molecule has 9 nitrogen and oxygen atoms in total. The molecule has 0 aliphatic carbocycles. The van der Waals surface area contributed by atoms with Crippen LogP contribution in [0.1, 0.15) is 29.0 Å². The highest BCUT2D eigenvalue weighted by Gasteiger charge is 2.54. The average Bonchev–Trinajstić information content (AvgIpc) is 2.81. The number of hydrogen-bond acceptors (Lipinski definition) is 6. The van der Waals surface area contributed by atoms with Crippen molar-refractivity contribution in [3.05, 3.63) is 77.3 Å². The van der Waals surface area contributed by atoms with Gasteiger partial charge in [-0.25, -0.2) is 4.79 Å². The Morgan fingerprint density at radius 3 is 2.53 bits per heavy atom. The van der Waals surface area contributed by atoms with Gasteiger partial charge in [-0.3, -0.25) is 24.3 Å². The number of β-lactam (4-membered cyclic amide) rings is 1. The number of carboxylic acids is 1. The van der Waals surface area contributed by atoms with Gasteiger partial charge in [0.1, 0.15) is 28.8 Å². The van der Waals surface area contributed by atoms with Crippen LogP contribution in [0.3, 0.4) is 0 Å². The molecule has 4 rings (SSSR count). The first kappa shape index (κ1) is 21.6. The van der Waals surface area contributed by atoms with E-state index in [4.69, 9.17) is 0 Å². The summed E-state index contributed by atoms with van der Waals surface area (Å²) in [5.41, 5.74) is 1.26. The lowest BCUT2D eigenvalue weighted by molar-refractivity contribution is -0.151. The van der Waals surface area contributed by atoms with E-state index in [0.29, 0.717) is 16.9 Å². The third kappa shape index (κ3) is 3.96. The fraction of sp³-hybridized carbons (Fsp3) is 0.227. The van der Waals surface area contributed by atoms with Crippen LogP contribution in [0.25, 0.3) is 0 Å². The van der Waals surface area contributed by atoms with Crippen molar-refractivity contribution in [3.63, 3.8) is 0 Å². The molecule has 1 aromatic carbocycles. The van der Waals surface area contributed by atoms with Crippen LogP contribution >= 0.6 is 11.8 Å². The van der Waals surface area contributed by atoms with Crippen LogP contribution < -0.4 is 10.6 Å². The number of fused-ring (bicyclic) bond motifs is 1. The predicted molar refractivity (Wildman–Crippen MR) is 116 cm³/mol. The third-order valence-electron chi connectivity index (χ3n) is 5.23. The quantitative estimate of drug-likeness (QED) is 0.564. The van der Waals surface area contributed by atoms with E-state index in [-0.39, 0.29) is 11.4 Å². The van der Waals surface area contributed by atoms with Gasteiger partial charge < -0.3 is 15.7 Å². The first-order chi connectivity index (χ1) is 15.4. The smallest absolute Gasteiger partial charge is 0.352 e. The number of carbonyl (C=O) groups excluding carboxylic acids is 3. The summed E-state index contributed by atoms with van der Waals surface area (Å²) >= 11 is 1.39. The standard InChI is InChI=1S/C22H20N4O5S/c1-12-11-32-21-16(20(29)26(21)17(12)22(30)31)25-19(28)15(13-7-3-2-4-8-13)24-18(27)14-9-5-6-10-23-14/h2-10,15-16,21H,11H2,1H3,(H,24,27)(H,25,28)(H,30,31)/t15?,16?,21-/m0/s1. The molecule has 0 bridgehead atoms. The zero-order chi connectivity index (χ0) is 22.8. The van der Waals surface area contributed by atoms with Crippen LogP contribution in [-0.4, -0.2) is 55.8 Å². The van der Waals surface area contributed by atoms with Gasteiger partial charge in [-0.1, -0.05) is 36.4 Å². The summed E-state index contributed by atoms with van der Waals surface area (Å²) in [5, 5.41) is 14.3. The molecule has 10 heteroatoms. The van der Waals surface area contributed by atoms with Gasteiger partial charge in [0.2, 0.25) is 5.91 Å². The Balaban J connectivity index is 1.53. The lowest BCUT2D eigenvalue weighted by Gasteiger charge is -2.49. The molecule has 2 unspecified atom stereocenters. The highest BCUT2D eigenvalue weighted by molar-refractivity contribution is 8.00. The Morgan fingerprint density at radius 1 is 1.16 bits per heavy atom. The Morgan fingerprint density at radius 2 is 1.88 bits per heavy atom. The maximum atomic E-state index is 13.2. The van der Waals surface area contributed by atoms with Crippen LogP contribution in [0.15, 0.2) is 66.0 Å². The minimum absolute atomic E-state index is 0.0349. The van der Waals surface area contributed by atoms with Gasteiger partial charge in [-0.15, -0.1) is 11.8 Å². The van der Waals surface area contributed by atoms with Crippen LogP contribution in [-0.2, 0) is 14.4 Å². The summed E-state index contributed by atoms with van der Waals surface area (Å²) in [5.74, 6) is -2.32. The number of hydrogen-bond donors (Lipinski definition) is 3. The van der Waals surface area contributed by atoms with Crippen molar-refractivity contribution in [2.24, 2.45) is 0 Å². The minimum Gasteiger partial charge on any atom is -0.477 e. The molecule has 164 valence electrons. The summed E-state index contributed by atoms with van der Waals surface area (Å²) < 4.78 is 0. The van der Waals surface area contributed by atoms with Gasteiger partial charge in [0, 0.05) is 11.9 Å². The second-order valence-electron chi connectivity index (χ2n) is 7.36. The molecule has 0 saturated carbocycles. The minimum atomic E-state index is -1.17. The number of carboxylic acid groups (broad SMARTS) is 1. The molecule has 0 radical (unpaired) electrons. The Labute approximate surface area is 187 Å². The molecule has 3 atom stereocenters. The second-order valence-corrected chi connectivity index (χ2v) is 8.47. The molecule has 1 fully saturated rings. The van der Waals surface area contributed by atoms with Crippen molar-refractivity contribution in [2.45, 2.75) is 24.4 Å². The molecule has 3 heterocycles. The number of carbonyl (C=O) groups is 4. The zero-order valence-corrected chi connectivity index (χ0v) is 17.8. The van der Waals surface area contributed by atoms with Gasteiger partial charge in [0.25, 0.3) is 11.8 Å². The van der Waals surface area contributed by atoms with E-state index >= 15 is 0 Å². The number of aromatic nitrogens is 1. The monoisotopic (exact) mass is 452 g/mol. The molecule has 2 aromatic rings. The number of nitrogens with zero attached hydrogens (tertiary/aromatic N) is 2. The van der Waals surface area contributed by atoms with Gasteiger partial charge in [0.05, 0.1) is 0 Å². The van der Waals surface area contributed by atoms with E-state index in [2.05, 4.69) is 15.6 Å². The highest BCUT2D eigenvalue weighted by atomic mass is 32.2. The van der Waals surface area contributed by atoms with Gasteiger partial charge in [-0.2, -0.15) is 0 Å². The first-order valence-corrected chi connectivity index (χ1v) is 10.9. The summed E-state index contributed by atoms with van der Waals surface area (Å²) in [7, 11) is 0. The van der Waals surface area contributed by atoms with E-state index in [9.17, 15) is 24.3 Å². The summed E-state index contributed by atoms with van der Waals surface area (Å²) in [6.45, 7) is 1.67. The van der Waals surface area contributed by atoms with Crippen LogP contribution in [0, 0.1) is 0 Å². The van der Waals surface area contributed by atoms with Crippen molar-refractivity contribution in [1.29, 1.82) is 0 Å². The fourth-order valence-electron chi connectivity index (χ4n) is 3.66. The average molecular weight is 452 g/mol. The van der Waals surface area contributed by atoms with Crippen molar-refractivity contribution in [2.75, 3.05) is 5.75 Å². The number of thioether (sulfide) groups is 1. The lowest BCUT2D eigenvalue weighted by atomic mass is 10.0. The van der Waals surface area contributed by atoms with Crippen LogP contribution in [0.4, 0.5) is 0 Å². The molecule has 2 aliphatic heterocycles. The van der Waals surface area contributed by atoms with E-state index in [1.807, 2.05) is 0 Å². The number of aliphatic carboxylic acids is 1. The van der Waals surface area contributed by atoms with Crippen molar-refractivity contribution < 1.29 is 24.3 Å². The van der Waals surface area contributed by atoms with Crippen molar-refractivity contribution in [3.8, 4) is 0 Å². The molecular weight excluding hydrogens is 432 g/mol. The maximum absolute atomic E-state index is 13.2. The molecule has 1 saturated heterocycles. The Hall–Kier alpha value is -3.66. The molecule has 1 aromatic heterocycles. The van der Waals surface area contributed by atoms with E-state index < -0.39 is 41.1 Å². The Bertz CT molecular complexity index is 1110. The summed E-state index contributed by atoms with van der Waals surface area (Å²) in [6.07, 6.45) is 1.48. The number of rotatable bonds is 6. The molecule has 0 spiro atoms. The third-order valence-corrected chi connectivity index (χ3v) is 6.65. The number of amides is 3. The number of nitrogens with one attached hydrogen (secondary N) is 2. The molecular formula is C22H20N4O5S. The number of benzene rings is 1. The second kappa shape index (κ2) is 8.83. The fourth-order valence-corrected chi connectivity index (χ4v) is 4.95. The van der Waals surface area contributed by atoms with E-state index in [1.165, 1.54) is 28.9 Å². The van der Waals surface area contributed by atoms with Gasteiger partial charge >= 0.3 is 5.97 Å². The van der Waals surface area contributed by atoms with E-state index in [0.717, 1.165) is 0 Å². The van der Waals surface area contributed by atoms with Gasteiger partial charge in [-0.05, 0) is 30.2 Å². The SMILES string of the molecule is CC1=C(C(=O)O)N2C(=O)C(NC(=O)C(NC(=O)c3ccccn3)c3ccccc3)[C@@H]2SC1. The van der Waals surface area contributed by atoms with Crippen LogP contribution in [0.2, 0.25) is 0 Å². The summed E-state index contributed by atoms with van der Waals surface area (Å²) in [4.78, 5) is 55.3. The normalized spacial score (nSPS) is 20.7. The summed E-state index contributed by atoms with van der Waals surface area (Å²) in [6, 6.07) is 11.6. The zero-order valence-electron chi connectivity index (χ0n) is 17.0. The van der Waals surface area contributed by atoms with Crippen molar-refractivity contribution >= 4 is 35.5 Å². The molecule has 32 heavy (non-hydrogen) atoms. The highest BCUT2D eigenvalue weighted by Crippen LogP contribution is 2.40. The first-order valence-electron chi connectivity index (χ1n) is 9.83. The molecule has 3 amide bonds. The van der Waals surface area contributed by atoms with E-state index in [1.54, 1.807) is 49.4 Å². The van der Waals surface area contributed by atoms with Gasteiger partial charge in [0.15, 0.2) is 0 Å². The lowest BCUT2D eigenvalue weighted by Crippen LogP contribution is -2.71. The Kier molecular flexibility index (Phi) is 5.95. The largest absolute Gasteiger partial charge is 0.477 e. The number of pyridine rings is 1. The maximum Gasteiger partial charge on any atom is 0.352 e. The predicted octanol–water partition coefficient (Wildman–Crippen LogP) is 1.31. The molecule has 3 N–H and O–H groups in total.